The first-order chi connectivity index (χ1) is 12.6. The van der Waals surface area contributed by atoms with Crippen LogP contribution in [0.5, 0.6) is 0 Å². The van der Waals surface area contributed by atoms with Crippen molar-refractivity contribution in [2.45, 2.75) is 31.4 Å². The zero-order chi connectivity index (χ0) is 18.0. The Balaban J connectivity index is 1.32. The molecular weight excluding hydrogens is 322 g/mol. The fourth-order valence-electron chi connectivity index (χ4n) is 3.96. The van der Waals surface area contributed by atoms with E-state index in [2.05, 4.69) is 83.6 Å². The molecule has 4 heteroatoms. The van der Waals surface area contributed by atoms with Crippen molar-refractivity contribution in [3.63, 3.8) is 0 Å². The van der Waals surface area contributed by atoms with Gasteiger partial charge < -0.3 is 9.74 Å². The van der Waals surface area contributed by atoms with E-state index in [9.17, 15) is 0 Å². The number of oxime groups is 1. The lowest BCUT2D eigenvalue weighted by Crippen LogP contribution is -2.33. The van der Waals surface area contributed by atoms with Crippen molar-refractivity contribution in [3.05, 3.63) is 65.7 Å². The van der Waals surface area contributed by atoms with Gasteiger partial charge in [0.1, 0.15) is 0 Å². The van der Waals surface area contributed by atoms with E-state index in [0.29, 0.717) is 0 Å². The van der Waals surface area contributed by atoms with Crippen LogP contribution in [-0.4, -0.2) is 43.4 Å². The molecule has 2 aliphatic heterocycles. The molecule has 2 aromatic carbocycles. The standard InChI is InChI=1S/C22H27N3O/c1-24(2)21-10-8-19(9-11-21)16-25-13-12-22(17-25)15-20(23-26-22)14-18-6-4-3-5-7-18/h3-11H,12-17H2,1-2H3. The van der Waals surface area contributed by atoms with Gasteiger partial charge in [0.2, 0.25) is 0 Å². The van der Waals surface area contributed by atoms with Crippen LogP contribution in [0.25, 0.3) is 0 Å². The van der Waals surface area contributed by atoms with Crippen LogP contribution in [0.4, 0.5) is 5.69 Å². The van der Waals surface area contributed by atoms with Gasteiger partial charge in [-0.25, -0.2) is 0 Å². The number of hydrogen-bond donors (Lipinski definition) is 0. The van der Waals surface area contributed by atoms with Gasteiger partial charge in [-0.15, -0.1) is 0 Å². The Morgan fingerprint density at radius 1 is 1.04 bits per heavy atom. The Bertz CT molecular complexity index is 770. The summed E-state index contributed by atoms with van der Waals surface area (Å²) in [5.41, 5.74) is 4.98. The van der Waals surface area contributed by atoms with Gasteiger partial charge in [-0.1, -0.05) is 47.6 Å². The minimum Gasteiger partial charge on any atom is -0.387 e. The molecule has 0 aromatic heterocycles. The van der Waals surface area contributed by atoms with Crippen LogP contribution in [0.15, 0.2) is 59.8 Å². The maximum absolute atomic E-state index is 5.94. The molecule has 1 fully saturated rings. The highest BCUT2D eigenvalue weighted by Gasteiger charge is 2.44. The second-order valence-corrected chi connectivity index (χ2v) is 7.79. The van der Waals surface area contributed by atoms with Crippen LogP contribution in [-0.2, 0) is 17.8 Å². The molecule has 1 unspecified atom stereocenters. The van der Waals surface area contributed by atoms with Gasteiger partial charge in [0, 0.05) is 58.7 Å². The zero-order valence-electron chi connectivity index (χ0n) is 15.7. The zero-order valence-corrected chi connectivity index (χ0v) is 15.7. The van der Waals surface area contributed by atoms with E-state index >= 15 is 0 Å². The van der Waals surface area contributed by atoms with Crippen molar-refractivity contribution in [1.29, 1.82) is 0 Å². The maximum atomic E-state index is 5.94. The number of hydrogen-bond acceptors (Lipinski definition) is 4. The van der Waals surface area contributed by atoms with Crippen molar-refractivity contribution in [3.8, 4) is 0 Å². The van der Waals surface area contributed by atoms with E-state index in [-0.39, 0.29) is 5.60 Å². The Labute approximate surface area is 156 Å². The monoisotopic (exact) mass is 349 g/mol. The lowest BCUT2D eigenvalue weighted by atomic mass is 9.94. The van der Waals surface area contributed by atoms with Gasteiger partial charge in [-0.3, -0.25) is 4.90 Å². The van der Waals surface area contributed by atoms with Gasteiger partial charge in [0.25, 0.3) is 0 Å². The molecule has 1 spiro atoms. The van der Waals surface area contributed by atoms with Crippen molar-refractivity contribution < 1.29 is 4.84 Å². The Morgan fingerprint density at radius 2 is 1.81 bits per heavy atom. The predicted molar refractivity (Wildman–Crippen MR) is 107 cm³/mol. The summed E-state index contributed by atoms with van der Waals surface area (Å²) >= 11 is 0. The molecular formula is C22H27N3O. The summed E-state index contributed by atoms with van der Waals surface area (Å²) in [7, 11) is 4.15. The fourth-order valence-corrected chi connectivity index (χ4v) is 3.96. The van der Waals surface area contributed by atoms with E-state index in [1.807, 2.05) is 0 Å². The van der Waals surface area contributed by atoms with Crippen LogP contribution in [0.1, 0.15) is 24.0 Å². The molecule has 4 nitrogen and oxygen atoms in total. The van der Waals surface area contributed by atoms with Crippen LogP contribution in [0.3, 0.4) is 0 Å². The third-order valence-electron chi connectivity index (χ3n) is 5.40. The van der Waals surface area contributed by atoms with Gasteiger partial charge >= 0.3 is 0 Å². The second-order valence-electron chi connectivity index (χ2n) is 7.79. The summed E-state index contributed by atoms with van der Waals surface area (Å²) in [4.78, 5) is 10.6. The number of rotatable bonds is 5. The first-order valence-corrected chi connectivity index (χ1v) is 9.38. The van der Waals surface area contributed by atoms with Crippen LogP contribution in [0.2, 0.25) is 0 Å². The minimum absolute atomic E-state index is 0.103. The highest BCUT2D eigenvalue weighted by atomic mass is 16.7. The number of likely N-dealkylation sites (tertiary alicyclic amines) is 1. The largest absolute Gasteiger partial charge is 0.387 e. The normalized spacial score (nSPS) is 22.5. The lowest BCUT2D eigenvalue weighted by Gasteiger charge is -2.22. The van der Waals surface area contributed by atoms with Crippen LogP contribution in [0, 0.1) is 0 Å². The Kier molecular flexibility index (Phi) is 4.68. The molecule has 0 N–H and O–H groups in total. The van der Waals surface area contributed by atoms with Crippen LogP contribution >= 0.6 is 0 Å². The number of nitrogens with zero attached hydrogens (tertiary/aromatic N) is 3. The van der Waals surface area contributed by atoms with Gasteiger partial charge in [0.15, 0.2) is 5.60 Å². The summed E-state index contributed by atoms with van der Waals surface area (Å²) in [5, 5.41) is 4.42. The van der Waals surface area contributed by atoms with E-state index in [0.717, 1.165) is 38.9 Å². The maximum Gasteiger partial charge on any atom is 0.156 e. The molecule has 0 amide bonds. The SMILES string of the molecule is CN(C)c1ccc(CN2CCC3(CC(Cc4ccccc4)=NO3)C2)cc1. The molecule has 136 valence electrons. The van der Waals surface area contributed by atoms with Crippen molar-refractivity contribution in [2.75, 3.05) is 32.1 Å². The first kappa shape index (κ1) is 17.1. The number of anilines is 1. The topological polar surface area (TPSA) is 28.1 Å². The molecule has 0 saturated carbocycles. The molecule has 26 heavy (non-hydrogen) atoms. The first-order valence-electron chi connectivity index (χ1n) is 9.38. The number of benzene rings is 2. The van der Waals surface area contributed by atoms with Crippen molar-refractivity contribution >= 4 is 11.4 Å². The quantitative estimate of drug-likeness (QED) is 0.824. The highest BCUT2D eigenvalue weighted by Crippen LogP contribution is 2.35. The average Bonchev–Trinajstić information content (AvgIpc) is 3.23. The summed E-state index contributed by atoms with van der Waals surface area (Å²) < 4.78 is 0. The Morgan fingerprint density at radius 3 is 2.54 bits per heavy atom. The molecule has 0 radical (unpaired) electrons. The molecule has 2 heterocycles. The smallest absolute Gasteiger partial charge is 0.156 e. The fraction of sp³-hybridized carbons (Fsp3) is 0.409. The van der Waals surface area contributed by atoms with Gasteiger partial charge in [-0.05, 0) is 23.3 Å². The molecule has 1 atom stereocenters. The van der Waals surface area contributed by atoms with E-state index in [4.69, 9.17) is 4.84 Å². The summed E-state index contributed by atoms with van der Waals surface area (Å²) in [6.07, 6.45) is 2.91. The van der Waals surface area contributed by atoms with E-state index in [1.54, 1.807) is 0 Å². The molecule has 0 aliphatic carbocycles. The van der Waals surface area contributed by atoms with Crippen molar-refractivity contribution in [1.82, 2.24) is 4.90 Å². The third-order valence-corrected chi connectivity index (χ3v) is 5.40. The summed E-state index contributed by atoms with van der Waals surface area (Å²) in [5.74, 6) is 0. The third kappa shape index (κ3) is 3.75. The average molecular weight is 349 g/mol. The van der Waals surface area contributed by atoms with Gasteiger partial charge in [0.05, 0.1) is 5.71 Å². The Hall–Kier alpha value is -2.33. The highest BCUT2D eigenvalue weighted by molar-refractivity contribution is 5.88. The molecule has 0 bridgehead atoms. The molecule has 2 aliphatic rings. The summed E-state index contributed by atoms with van der Waals surface area (Å²) in [6.45, 7) is 3.01. The van der Waals surface area contributed by atoms with Crippen molar-refractivity contribution in [2.24, 2.45) is 5.16 Å². The van der Waals surface area contributed by atoms with Crippen LogP contribution < -0.4 is 4.90 Å². The predicted octanol–water partition coefficient (Wildman–Crippen LogP) is 3.72. The summed E-state index contributed by atoms with van der Waals surface area (Å²) in [6, 6.07) is 19.4. The minimum atomic E-state index is -0.103. The second kappa shape index (κ2) is 7.12. The molecule has 4 rings (SSSR count). The van der Waals surface area contributed by atoms with E-state index < -0.39 is 0 Å². The van der Waals surface area contributed by atoms with Gasteiger partial charge in [-0.2, -0.15) is 0 Å². The van der Waals surface area contributed by atoms with E-state index in [1.165, 1.54) is 22.5 Å². The molecule has 2 aromatic rings. The lowest BCUT2D eigenvalue weighted by molar-refractivity contribution is -0.0104. The molecule has 1 saturated heterocycles.